The molecular formula is C15H28N2. The third kappa shape index (κ3) is 2.26. The van der Waals surface area contributed by atoms with Gasteiger partial charge in [-0.25, -0.2) is 0 Å². The van der Waals surface area contributed by atoms with E-state index >= 15 is 0 Å². The molecule has 17 heavy (non-hydrogen) atoms. The summed E-state index contributed by atoms with van der Waals surface area (Å²) in [6.45, 7) is 1.38. The van der Waals surface area contributed by atoms with Gasteiger partial charge in [0.15, 0.2) is 0 Å². The van der Waals surface area contributed by atoms with Crippen LogP contribution in [0, 0.1) is 5.92 Å². The maximum absolute atomic E-state index is 3.59. The van der Waals surface area contributed by atoms with Crippen LogP contribution in [0.5, 0.6) is 0 Å². The summed E-state index contributed by atoms with van der Waals surface area (Å²) in [6, 6.07) is 2.56. The molecule has 98 valence electrons. The largest absolute Gasteiger partial charge is 0.315 e. The van der Waals surface area contributed by atoms with Gasteiger partial charge in [0.05, 0.1) is 0 Å². The standard InChI is InChI=1S/C15H28N2/c1-16-13-8-2-3-9-15(13)17-11-5-7-12-6-4-10-14(12)17/h12-16H,2-11H2,1H3. The average molecular weight is 236 g/mol. The molecule has 0 aromatic heterocycles. The molecule has 2 aliphatic carbocycles. The van der Waals surface area contributed by atoms with E-state index in [1.165, 1.54) is 64.3 Å². The molecule has 1 heterocycles. The van der Waals surface area contributed by atoms with Crippen LogP contribution in [-0.4, -0.2) is 36.6 Å². The molecule has 3 fully saturated rings. The minimum atomic E-state index is 0.767. The molecule has 0 spiro atoms. The number of hydrogen-bond acceptors (Lipinski definition) is 2. The molecule has 4 atom stereocenters. The lowest BCUT2D eigenvalue weighted by atomic mass is 9.84. The number of fused-ring (bicyclic) bond motifs is 1. The molecule has 1 saturated heterocycles. The van der Waals surface area contributed by atoms with Gasteiger partial charge in [0.1, 0.15) is 0 Å². The van der Waals surface area contributed by atoms with Gasteiger partial charge in [0.2, 0.25) is 0 Å². The Morgan fingerprint density at radius 1 is 0.824 bits per heavy atom. The average Bonchev–Trinajstić information content (AvgIpc) is 2.86. The molecule has 2 saturated carbocycles. The smallest absolute Gasteiger partial charge is 0.0252 e. The lowest BCUT2D eigenvalue weighted by Crippen LogP contribution is -2.56. The van der Waals surface area contributed by atoms with E-state index in [-0.39, 0.29) is 0 Å². The summed E-state index contributed by atoms with van der Waals surface area (Å²) < 4.78 is 0. The van der Waals surface area contributed by atoms with Gasteiger partial charge in [-0.15, -0.1) is 0 Å². The lowest BCUT2D eigenvalue weighted by molar-refractivity contribution is 0.0340. The van der Waals surface area contributed by atoms with E-state index in [1.54, 1.807) is 0 Å². The first-order valence-corrected chi connectivity index (χ1v) is 7.83. The van der Waals surface area contributed by atoms with E-state index in [0.717, 1.165) is 24.0 Å². The number of nitrogens with one attached hydrogen (secondary N) is 1. The van der Waals surface area contributed by atoms with Gasteiger partial charge in [-0.3, -0.25) is 4.90 Å². The maximum atomic E-state index is 3.59. The molecule has 0 aromatic rings. The minimum absolute atomic E-state index is 0.767. The fourth-order valence-electron chi connectivity index (χ4n) is 4.75. The van der Waals surface area contributed by atoms with Crippen LogP contribution in [0.3, 0.4) is 0 Å². The van der Waals surface area contributed by atoms with Crippen LogP contribution < -0.4 is 5.32 Å². The third-order valence-corrected chi connectivity index (χ3v) is 5.56. The van der Waals surface area contributed by atoms with E-state index in [2.05, 4.69) is 17.3 Å². The molecule has 2 heteroatoms. The fourth-order valence-corrected chi connectivity index (χ4v) is 4.75. The summed E-state index contributed by atoms with van der Waals surface area (Å²) in [5.41, 5.74) is 0. The van der Waals surface area contributed by atoms with Crippen molar-refractivity contribution >= 4 is 0 Å². The van der Waals surface area contributed by atoms with Gasteiger partial charge >= 0.3 is 0 Å². The second-order valence-corrected chi connectivity index (χ2v) is 6.39. The molecular weight excluding hydrogens is 208 g/mol. The van der Waals surface area contributed by atoms with Crippen molar-refractivity contribution in [3.63, 3.8) is 0 Å². The van der Waals surface area contributed by atoms with Gasteiger partial charge in [-0.1, -0.05) is 19.3 Å². The van der Waals surface area contributed by atoms with Crippen molar-refractivity contribution in [3.05, 3.63) is 0 Å². The van der Waals surface area contributed by atoms with Crippen LogP contribution in [0.4, 0.5) is 0 Å². The molecule has 3 rings (SSSR count). The van der Waals surface area contributed by atoms with Crippen LogP contribution in [-0.2, 0) is 0 Å². The molecule has 4 unspecified atom stereocenters. The number of rotatable bonds is 2. The van der Waals surface area contributed by atoms with Crippen molar-refractivity contribution in [3.8, 4) is 0 Å². The first-order chi connectivity index (χ1) is 8.40. The molecule has 1 N–H and O–H groups in total. The van der Waals surface area contributed by atoms with Gasteiger partial charge < -0.3 is 5.32 Å². The summed E-state index contributed by atoms with van der Waals surface area (Å²) in [5.74, 6) is 1.04. The Balaban J connectivity index is 1.72. The molecule has 3 aliphatic rings. The summed E-state index contributed by atoms with van der Waals surface area (Å²) in [6.07, 6.45) is 13.2. The van der Waals surface area contributed by atoms with Crippen LogP contribution >= 0.6 is 0 Å². The summed E-state index contributed by atoms with van der Waals surface area (Å²) in [5, 5.41) is 3.59. The zero-order valence-corrected chi connectivity index (χ0v) is 11.3. The van der Waals surface area contributed by atoms with Crippen LogP contribution in [0.15, 0.2) is 0 Å². The first kappa shape index (κ1) is 12.0. The van der Waals surface area contributed by atoms with Crippen LogP contribution in [0.2, 0.25) is 0 Å². The predicted molar refractivity (Wildman–Crippen MR) is 72.2 cm³/mol. The van der Waals surface area contributed by atoms with Crippen molar-refractivity contribution in [2.24, 2.45) is 5.92 Å². The van der Waals surface area contributed by atoms with E-state index < -0.39 is 0 Å². The summed E-state index contributed by atoms with van der Waals surface area (Å²) in [4.78, 5) is 2.92. The highest BCUT2D eigenvalue weighted by Crippen LogP contribution is 2.39. The third-order valence-electron chi connectivity index (χ3n) is 5.56. The Morgan fingerprint density at radius 2 is 1.59 bits per heavy atom. The summed E-state index contributed by atoms with van der Waals surface area (Å²) >= 11 is 0. The Labute approximate surface area is 106 Å². The number of likely N-dealkylation sites (tertiary alicyclic amines) is 1. The van der Waals surface area contributed by atoms with E-state index in [0.29, 0.717) is 0 Å². The quantitative estimate of drug-likeness (QED) is 0.793. The molecule has 2 nitrogen and oxygen atoms in total. The number of hydrogen-bond donors (Lipinski definition) is 1. The van der Waals surface area contributed by atoms with Crippen LogP contribution in [0.1, 0.15) is 57.8 Å². The lowest BCUT2D eigenvalue weighted by Gasteiger charge is -2.47. The first-order valence-electron chi connectivity index (χ1n) is 7.83. The normalized spacial score (nSPS) is 43.6. The molecule has 0 bridgehead atoms. The highest BCUT2D eigenvalue weighted by atomic mass is 15.2. The molecule has 0 radical (unpaired) electrons. The van der Waals surface area contributed by atoms with Crippen molar-refractivity contribution in [1.82, 2.24) is 10.2 Å². The van der Waals surface area contributed by atoms with Gasteiger partial charge in [-0.2, -0.15) is 0 Å². The minimum Gasteiger partial charge on any atom is -0.315 e. The number of nitrogens with zero attached hydrogens (tertiary/aromatic N) is 1. The second-order valence-electron chi connectivity index (χ2n) is 6.39. The van der Waals surface area contributed by atoms with E-state index in [9.17, 15) is 0 Å². The Bertz CT molecular complexity index is 253. The zero-order valence-electron chi connectivity index (χ0n) is 11.3. The fraction of sp³-hybridized carbons (Fsp3) is 1.00. The highest BCUT2D eigenvalue weighted by Gasteiger charge is 2.40. The van der Waals surface area contributed by atoms with E-state index in [1.807, 2.05) is 0 Å². The zero-order chi connectivity index (χ0) is 11.7. The highest BCUT2D eigenvalue weighted by molar-refractivity contribution is 4.96. The van der Waals surface area contributed by atoms with Crippen LogP contribution in [0.25, 0.3) is 0 Å². The Kier molecular flexibility index (Phi) is 3.72. The van der Waals surface area contributed by atoms with E-state index in [4.69, 9.17) is 0 Å². The molecule has 1 aliphatic heterocycles. The van der Waals surface area contributed by atoms with Crippen molar-refractivity contribution < 1.29 is 0 Å². The van der Waals surface area contributed by atoms with Gasteiger partial charge in [-0.05, 0) is 58.0 Å². The predicted octanol–water partition coefficient (Wildman–Crippen LogP) is 2.78. The maximum Gasteiger partial charge on any atom is 0.0252 e. The SMILES string of the molecule is CNC1CCCCC1N1CCCC2CCCC21. The Morgan fingerprint density at radius 3 is 2.47 bits per heavy atom. The van der Waals surface area contributed by atoms with Gasteiger partial charge in [0.25, 0.3) is 0 Å². The molecule has 0 amide bonds. The Hall–Kier alpha value is -0.0800. The van der Waals surface area contributed by atoms with Crippen molar-refractivity contribution in [2.75, 3.05) is 13.6 Å². The van der Waals surface area contributed by atoms with Crippen molar-refractivity contribution in [1.29, 1.82) is 0 Å². The second kappa shape index (κ2) is 5.27. The topological polar surface area (TPSA) is 15.3 Å². The number of likely N-dealkylation sites (N-methyl/N-ethyl adjacent to an activating group) is 1. The van der Waals surface area contributed by atoms with Crippen molar-refractivity contribution in [2.45, 2.75) is 75.9 Å². The number of piperidine rings is 1. The monoisotopic (exact) mass is 236 g/mol. The molecule has 0 aromatic carbocycles. The van der Waals surface area contributed by atoms with Gasteiger partial charge in [0, 0.05) is 18.1 Å². The summed E-state index contributed by atoms with van der Waals surface area (Å²) in [7, 11) is 2.17.